The van der Waals surface area contributed by atoms with Crippen LogP contribution in [0.4, 0.5) is 4.39 Å². The van der Waals surface area contributed by atoms with Gasteiger partial charge in [-0.2, -0.15) is 0 Å². The molecule has 0 radical (unpaired) electrons. The number of Topliss-reactive ketones (excluding diaryl/α,β-unsaturated/α-hetero) is 1. The molecule has 0 aliphatic heterocycles. The summed E-state index contributed by atoms with van der Waals surface area (Å²) in [7, 11) is 0. The van der Waals surface area contributed by atoms with E-state index in [4.69, 9.17) is 0 Å². The molecule has 2 heteroatoms. The first kappa shape index (κ1) is 11.1. The van der Waals surface area contributed by atoms with E-state index in [0.29, 0.717) is 12.8 Å². The fourth-order valence-corrected chi connectivity index (χ4v) is 2.63. The van der Waals surface area contributed by atoms with Crippen LogP contribution in [0.3, 0.4) is 0 Å². The second-order valence-electron chi connectivity index (χ2n) is 4.79. The smallest absolute Gasteiger partial charge is 0.141 e. The third-order valence-corrected chi connectivity index (χ3v) is 3.53. The van der Waals surface area contributed by atoms with Crippen molar-refractivity contribution in [1.82, 2.24) is 0 Å². The van der Waals surface area contributed by atoms with Crippen LogP contribution in [0, 0.1) is 12.7 Å². The van der Waals surface area contributed by atoms with E-state index in [9.17, 15) is 9.18 Å². The second-order valence-corrected chi connectivity index (χ2v) is 4.79. The minimum Gasteiger partial charge on any atom is -0.299 e. The van der Waals surface area contributed by atoms with Crippen LogP contribution in [0.25, 0.3) is 11.1 Å². The lowest BCUT2D eigenvalue weighted by atomic mass is 9.94. The molecule has 0 atom stereocenters. The van der Waals surface area contributed by atoms with Gasteiger partial charge in [-0.15, -0.1) is 0 Å². The Morgan fingerprint density at radius 1 is 1.06 bits per heavy atom. The molecule has 1 nitrogen and oxygen atoms in total. The maximum atomic E-state index is 13.3. The highest BCUT2D eigenvalue weighted by atomic mass is 19.1. The van der Waals surface area contributed by atoms with Crippen LogP contribution in [0.5, 0.6) is 0 Å². The minimum atomic E-state index is -0.280. The second kappa shape index (κ2) is 4.05. The fraction of sp³-hybridized carbons (Fsp3) is 0.188. The first-order chi connectivity index (χ1) is 8.65. The number of aryl methyl sites for hydroxylation is 1. The third-order valence-electron chi connectivity index (χ3n) is 3.53. The number of rotatable bonds is 0. The van der Waals surface area contributed by atoms with Crippen molar-refractivity contribution in [1.29, 1.82) is 0 Å². The van der Waals surface area contributed by atoms with Crippen molar-refractivity contribution < 1.29 is 9.18 Å². The lowest BCUT2D eigenvalue weighted by molar-refractivity contribution is -0.117. The van der Waals surface area contributed by atoms with Crippen molar-refractivity contribution in [2.75, 3.05) is 0 Å². The van der Waals surface area contributed by atoms with Crippen LogP contribution in [-0.4, -0.2) is 5.78 Å². The van der Waals surface area contributed by atoms with E-state index >= 15 is 0 Å². The summed E-state index contributed by atoms with van der Waals surface area (Å²) in [5.74, 6) is -0.132. The van der Waals surface area contributed by atoms with E-state index in [2.05, 4.69) is 0 Å². The highest BCUT2D eigenvalue weighted by Crippen LogP contribution is 2.33. The largest absolute Gasteiger partial charge is 0.299 e. The van der Waals surface area contributed by atoms with Crippen LogP contribution < -0.4 is 0 Å². The van der Waals surface area contributed by atoms with Gasteiger partial charge in [0.05, 0.1) is 0 Å². The van der Waals surface area contributed by atoms with Gasteiger partial charge in [-0.3, -0.25) is 4.79 Å². The number of hydrogen-bond acceptors (Lipinski definition) is 1. The molecule has 2 aromatic rings. The number of carbonyl (C=O) groups excluding carboxylic acids is 1. The van der Waals surface area contributed by atoms with Crippen molar-refractivity contribution in [3.05, 3.63) is 58.9 Å². The summed E-state index contributed by atoms with van der Waals surface area (Å²) >= 11 is 0. The lowest BCUT2D eigenvalue weighted by Crippen LogP contribution is -2.05. The Bertz CT molecular complexity index is 644. The first-order valence-electron chi connectivity index (χ1n) is 6.04. The van der Waals surface area contributed by atoms with Crippen LogP contribution in [0.2, 0.25) is 0 Å². The zero-order chi connectivity index (χ0) is 12.7. The Balaban J connectivity index is 2.32. The summed E-state index contributed by atoms with van der Waals surface area (Å²) in [4.78, 5) is 11.9. The standard InChI is InChI=1S/C16H13FO/c1-10-3-2-4-15-14-6-5-12(17)7-11(14)8-13(18)9-16(10)15/h2-7H,8-9H2,1H3. The summed E-state index contributed by atoms with van der Waals surface area (Å²) in [6, 6.07) is 10.7. The molecule has 90 valence electrons. The monoisotopic (exact) mass is 240 g/mol. The summed E-state index contributed by atoms with van der Waals surface area (Å²) in [5, 5.41) is 0. The van der Waals surface area contributed by atoms with Gasteiger partial charge in [-0.25, -0.2) is 4.39 Å². The molecule has 0 amide bonds. The zero-order valence-electron chi connectivity index (χ0n) is 10.2. The Kier molecular flexibility index (Phi) is 2.51. The molecule has 0 fully saturated rings. The van der Waals surface area contributed by atoms with Gasteiger partial charge in [0.2, 0.25) is 0 Å². The molecule has 2 aromatic carbocycles. The normalized spacial score (nSPS) is 13.8. The molecule has 0 saturated heterocycles. The summed E-state index contributed by atoms with van der Waals surface area (Å²) < 4.78 is 13.3. The SMILES string of the molecule is Cc1cccc2c1CC(=O)Cc1cc(F)ccc1-2. The molecule has 18 heavy (non-hydrogen) atoms. The summed E-state index contributed by atoms with van der Waals surface area (Å²) in [6.07, 6.45) is 0.763. The molecule has 3 rings (SSSR count). The number of benzene rings is 2. The molecule has 0 heterocycles. The van der Waals surface area contributed by atoms with Gasteiger partial charge in [0.25, 0.3) is 0 Å². The molecule has 1 aliphatic carbocycles. The quantitative estimate of drug-likeness (QED) is 0.689. The molecule has 0 aromatic heterocycles. The number of hydrogen-bond donors (Lipinski definition) is 0. The van der Waals surface area contributed by atoms with E-state index in [1.807, 2.05) is 25.1 Å². The van der Waals surface area contributed by atoms with Crippen molar-refractivity contribution in [3.8, 4) is 11.1 Å². The molecule has 0 N–H and O–H groups in total. The predicted molar refractivity (Wildman–Crippen MR) is 69.0 cm³/mol. The van der Waals surface area contributed by atoms with Gasteiger partial charge < -0.3 is 0 Å². The van der Waals surface area contributed by atoms with Gasteiger partial charge in [0.1, 0.15) is 11.6 Å². The predicted octanol–water partition coefficient (Wildman–Crippen LogP) is 3.47. The fourth-order valence-electron chi connectivity index (χ4n) is 2.63. The van der Waals surface area contributed by atoms with E-state index in [1.54, 1.807) is 6.07 Å². The Labute approximate surface area is 105 Å². The molecular weight excluding hydrogens is 227 g/mol. The van der Waals surface area contributed by atoms with Crippen molar-refractivity contribution in [2.24, 2.45) is 0 Å². The van der Waals surface area contributed by atoms with Gasteiger partial charge in [0, 0.05) is 12.8 Å². The topological polar surface area (TPSA) is 17.1 Å². The number of carbonyl (C=O) groups is 1. The van der Waals surface area contributed by atoms with E-state index in [0.717, 1.165) is 27.8 Å². The third kappa shape index (κ3) is 1.74. The Morgan fingerprint density at radius 2 is 1.89 bits per heavy atom. The summed E-state index contributed by atoms with van der Waals surface area (Å²) in [5.41, 5.74) is 5.05. The van der Waals surface area contributed by atoms with Crippen LogP contribution in [0.15, 0.2) is 36.4 Å². The molecule has 1 aliphatic rings. The molecule has 0 bridgehead atoms. The maximum Gasteiger partial charge on any atom is 0.141 e. The maximum absolute atomic E-state index is 13.3. The van der Waals surface area contributed by atoms with E-state index in [1.165, 1.54) is 12.1 Å². The number of fused-ring (bicyclic) bond motifs is 3. The first-order valence-corrected chi connectivity index (χ1v) is 6.04. The van der Waals surface area contributed by atoms with Gasteiger partial charge >= 0.3 is 0 Å². The Hall–Kier alpha value is -1.96. The number of ketones is 1. The van der Waals surface area contributed by atoms with Gasteiger partial charge in [0.15, 0.2) is 0 Å². The van der Waals surface area contributed by atoms with E-state index < -0.39 is 0 Å². The van der Waals surface area contributed by atoms with Crippen molar-refractivity contribution in [2.45, 2.75) is 19.8 Å². The van der Waals surface area contributed by atoms with Crippen LogP contribution in [0.1, 0.15) is 16.7 Å². The van der Waals surface area contributed by atoms with E-state index in [-0.39, 0.29) is 11.6 Å². The summed E-state index contributed by atoms with van der Waals surface area (Å²) in [6.45, 7) is 2.01. The molecule has 0 spiro atoms. The van der Waals surface area contributed by atoms with Crippen LogP contribution in [-0.2, 0) is 17.6 Å². The highest BCUT2D eigenvalue weighted by molar-refractivity contribution is 5.91. The number of halogens is 1. The molecular formula is C16H13FO. The van der Waals surface area contributed by atoms with Gasteiger partial charge in [-0.1, -0.05) is 24.3 Å². The molecule has 0 unspecified atom stereocenters. The van der Waals surface area contributed by atoms with Crippen molar-refractivity contribution in [3.63, 3.8) is 0 Å². The average molecular weight is 240 g/mol. The minimum absolute atomic E-state index is 0.148. The van der Waals surface area contributed by atoms with Crippen molar-refractivity contribution >= 4 is 5.78 Å². The van der Waals surface area contributed by atoms with Crippen LogP contribution >= 0.6 is 0 Å². The van der Waals surface area contributed by atoms with Gasteiger partial charge in [-0.05, 0) is 46.9 Å². The zero-order valence-corrected chi connectivity index (χ0v) is 10.2. The lowest BCUT2D eigenvalue weighted by Gasteiger charge is -2.10. The molecule has 0 saturated carbocycles. The Morgan fingerprint density at radius 3 is 2.72 bits per heavy atom. The highest BCUT2D eigenvalue weighted by Gasteiger charge is 2.20. The average Bonchev–Trinajstić information content (AvgIpc) is 2.45.